The zero-order valence-electron chi connectivity index (χ0n) is 14.9. The summed E-state index contributed by atoms with van der Waals surface area (Å²) in [7, 11) is -3.85. The van der Waals surface area contributed by atoms with Crippen molar-refractivity contribution in [1.29, 1.82) is 0 Å². The van der Waals surface area contributed by atoms with Crippen LogP contribution in [0.4, 0.5) is 5.69 Å². The van der Waals surface area contributed by atoms with Crippen LogP contribution in [0.1, 0.15) is 48.9 Å². The molecule has 0 spiro atoms. The molecule has 3 heterocycles. The molecule has 27 heavy (non-hydrogen) atoms. The van der Waals surface area contributed by atoms with Gasteiger partial charge in [0, 0.05) is 26.1 Å². The molecule has 0 aliphatic carbocycles. The van der Waals surface area contributed by atoms with Gasteiger partial charge in [0.25, 0.3) is 15.9 Å². The lowest BCUT2D eigenvalue weighted by molar-refractivity contribution is 0.0857. The number of hydrogen-bond donors (Lipinski definition) is 1. The molecule has 1 N–H and O–H groups in total. The van der Waals surface area contributed by atoms with Crippen molar-refractivity contribution >= 4 is 39.1 Å². The van der Waals surface area contributed by atoms with E-state index >= 15 is 0 Å². The number of sulfonamides is 1. The fraction of sp³-hybridized carbons (Fsp3) is 0.556. The quantitative estimate of drug-likeness (QED) is 0.826. The molecule has 9 heteroatoms. The Morgan fingerprint density at radius 1 is 1.30 bits per heavy atom. The van der Waals surface area contributed by atoms with Crippen molar-refractivity contribution in [1.82, 2.24) is 5.32 Å². The topological polar surface area (TPSA) is 88.1 Å². The minimum Gasteiger partial charge on any atom is -0.376 e. The largest absolute Gasteiger partial charge is 0.376 e. The highest BCUT2D eigenvalue weighted by atomic mass is 35.5. The van der Waals surface area contributed by atoms with Crippen LogP contribution in [-0.2, 0) is 14.8 Å². The fourth-order valence-electron chi connectivity index (χ4n) is 3.78. The van der Waals surface area contributed by atoms with Crippen LogP contribution in [0.25, 0.3) is 0 Å². The number of fused-ring (bicyclic) bond motifs is 3. The van der Waals surface area contributed by atoms with Crippen LogP contribution in [0.2, 0.25) is 5.02 Å². The molecule has 0 unspecified atom stereocenters. The number of carbonyl (C=O) groups is 1. The molecular formula is C18H22ClN3O4S. The summed E-state index contributed by atoms with van der Waals surface area (Å²) in [4.78, 5) is 14.5. The minimum absolute atomic E-state index is 0.00153. The van der Waals surface area contributed by atoms with E-state index in [1.807, 2.05) is 4.90 Å². The maximum Gasteiger partial charge on any atom is 0.286 e. The minimum atomic E-state index is -3.85. The summed E-state index contributed by atoms with van der Waals surface area (Å²) in [6, 6.07) is 2.93. The number of amidine groups is 1. The van der Waals surface area contributed by atoms with Gasteiger partial charge in [0.15, 0.2) is 0 Å². The maximum atomic E-state index is 12.7. The number of anilines is 1. The van der Waals surface area contributed by atoms with E-state index < -0.39 is 15.9 Å². The summed E-state index contributed by atoms with van der Waals surface area (Å²) in [5, 5.41) is 3.03. The highest BCUT2D eigenvalue weighted by molar-refractivity contribution is 7.90. The van der Waals surface area contributed by atoms with Crippen molar-refractivity contribution in [3.8, 4) is 0 Å². The number of rotatable bonds is 3. The Labute approximate surface area is 163 Å². The van der Waals surface area contributed by atoms with Crippen LogP contribution >= 0.6 is 11.6 Å². The number of carbonyl (C=O) groups excluding carboxylic acids is 1. The van der Waals surface area contributed by atoms with E-state index in [1.165, 1.54) is 6.07 Å². The van der Waals surface area contributed by atoms with Gasteiger partial charge in [-0.15, -0.1) is 4.40 Å². The molecule has 4 rings (SSSR count). The van der Waals surface area contributed by atoms with E-state index in [2.05, 4.69) is 9.71 Å². The lowest BCUT2D eigenvalue weighted by Gasteiger charge is -2.30. The van der Waals surface area contributed by atoms with E-state index in [0.29, 0.717) is 37.6 Å². The van der Waals surface area contributed by atoms with Gasteiger partial charge in [0.2, 0.25) is 0 Å². The van der Waals surface area contributed by atoms with Gasteiger partial charge in [-0.05, 0) is 37.8 Å². The molecule has 3 aliphatic heterocycles. The molecule has 146 valence electrons. The predicted octanol–water partition coefficient (Wildman–Crippen LogP) is 2.73. The van der Waals surface area contributed by atoms with Crippen molar-refractivity contribution in [3.63, 3.8) is 0 Å². The Bertz CT molecular complexity index is 894. The average molecular weight is 412 g/mol. The lowest BCUT2D eigenvalue weighted by Crippen LogP contribution is -2.36. The summed E-state index contributed by atoms with van der Waals surface area (Å²) in [5.74, 6) is 0.158. The molecule has 1 aromatic carbocycles. The van der Waals surface area contributed by atoms with Crippen molar-refractivity contribution < 1.29 is 17.9 Å². The molecule has 0 aromatic heterocycles. The number of benzene rings is 1. The molecule has 2 saturated heterocycles. The molecule has 2 fully saturated rings. The average Bonchev–Trinajstić information content (AvgIpc) is 3.04. The third kappa shape index (κ3) is 3.70. The number of nitrogens with one attached hydrogen (secondary N) is 1. The van der Waals surface area contributed by atoms with Crippen LogP contribution in [0.5, 0.6) is 0 Å². The first-order valence-corrected chi connectivity index (χ1v) is 11.1. The first-order valence-electron chi connectivity index (χ1n) is 9.30. The van der Waals surface area contributed by atoms with Crippen LogP contribution in [0.15, 0.2) is 21.4 Å². The molecule has 3 aliphatic rings. The summed E-state index contributed by atoms with van der Waals surface area (Å²) in [6.45, 7) is 1.78. The first-order chi connectivity index (χ1) is 13.0. The molecule has 0 radical (unpaired) electrons. The van der Waals surface area contributed by atoms with Gasteiger partial charge in [0.05, 0.1) is 22.4 Å². The third-order valence-electron chi connectivity index (χ3n) is 5.20. The second-order valence-corrected chi connectivity index (χ2v) is 9.07. The summed E-state index contributed by atoms with van der Waals surface area (Å²) in [6.07, 6.45) is 5.41. The molecule has 0 bridgehead atoms. The normalized spacial score (nSPS) is 23.8. The zero-order chi connectivity index (χ0) is 19.0. The number of nitrogens with zero attached hydrogens (tertiary/aromatic N) is 2. The summed E-state index contributed by atoms with van der Waals surface area (Å²) < 4.78 is 34.9. The monoisotopic (exact) mass is 411 g/mol. The third-order valence-corrected chi connectivity index (χ3v) is 6.84. The van der Waals surface area contributed by atoms with Crippen LogP contribution in [0, 0.1) is 0 Å². The van der Waals surface area contributed by atoms with Gasteiger partial charge in [-0.3, -0.25) is 4.79 Å². The van der Waals surface area contributed by atoms with E-state index in [1.54, 1.807) is 6.07 Å². The molecule has 0 saturated carbocycles. The Hall–Kier alpha value is -1.64. The number of hydrogen-bond acceptors (Lipinski definition) is 5. The van der Waals surface area contributed by atoms with Crippen molar-refractivity contribution in [2.24, 2.45) is 4.40 Å². The first kappa shape index (κ1) is 18.7. The van der Waals surface area contributed by atoms with E-state index in [0.717, 1.165) is 32.1 Å². The van der Waals surface area contributed by atoms with Gasteiger partial charge < -0.3 is 15.0 Å². The van der Waals surface area contributed by atoms with Crippen molar-refractivity contribution in [2.75, 3.05) is 24.6 Å². The van der Waals surface area contributed by atoms with E-state index in [9.17, 15) is 13.2 Å². The van der Waals surface area contributed by atoms with Crippen LogP contribution in [-0.4, -0.2) is 46.0 Å². The standard InChI is InChI=1S/C18H22ClN3O4S/c19-14-10-15-16(9-13(14)18(23)20-11-12-5-4-8-26-12)27(24,25)21-17-6-2-1-3-7-22(15)17/h9-10,12H,1-8,11H2,(H,20,23)/t12-/m0/s1. The summed E-state index contributed by atoms with van der Waals surface area (Å²) in [5.41, 5.74) is 0.660. The lowest BCUT2D eigenvalue weighted by atomic mass is 10.1. The smallest absolute Gasteiger partial charge is 0.286 e. The van der Waals surface area contributed by atoms with Crippen LogP contribution in [0.3, 0.4) is 0 Å². The maximum absolute atomic E-state index is 12.7. The molecule has 1 amide bonds. The Kier molecular flexibility index (Phi) is 5.13. The number of ether oxygens (including phenoxy) is 1. The van der Waals surface area contributed by atoms with Crippen molar-refractivity contribution in [2.45, 2.75) is 49.5 Å². The Morgan fingerprint density at radius 2 is 2.15 bits per heavy atom. The van der Waals surface area contributed by atoms with Gasteiger partial charge in [-0.25, -0.2) is 0 Å². The van der Waals surface area contributed by atoms with Gasteiger partial charge in [-0.2, -0.15) is 8.42 Å². The van der Waals surface area contributed by atoms with E-state index in [4.69, 9.17) is 16.3 Å². The Balaban J connectivity index is 1.65. The Morgan fingerprint density at radius 3 is 2.93 bits per heavy atom. The molecule has 7 nitrogen and oxygen atoms in total. The number of amides is 1. The summed E-state index contributed by atoms with van der Waals surface area (Å²) >= 11 is 6.36. The highest BCUT2D eigenvalue weighted by Gasteiger charge is 2.33. The highest BCUT2D eigenvalue weighted by Crippen LogP contribution is 2.37. The molecule has 1 atom stereocenters. The molecular weight excluding hydrogens is 390 g/mol. The van der Waals surface area contributed by atoms with Crippen molar-refractivity contribution in [3.05, 3.63) is 22.7 Å². The second-order valence-electron chi connectivity index (χ2n) is 7.09. The zero-order valence-corrected chi connectivity index (χ0v) is 16.5. The predicted molar refractivity (Wildman–Crippen MR) is 103 cm³/mol. The second kappa shape index (κ2) is 7.41. The fourth-order valence-corrected chi connectivity index (χ4v) is 5.29. The SMILES string of the molecule is O=C(NC[C@@H]1CCCO1)c1cc2c(cc1Cl)N1CCCCCC1=NS2(=O)=O. The van der Waals surface area contributed by atoms with Gasteiger partial charge in [0.1, 0.15) is 10.7 Å². The number of halogens is 1. The van der Waals surface area contributed by atoms with Gasteiger partial charge in [-0.1, -0.05) is 18.0 Å². The molecule has 1 aromatic rings. The van der Waals surface area contributed by atoms with Gasteiger partial charge >= 0.3 is 0 Å². The van der Waals surface area contributed by atoms with E-state index in [-0.39, 0.29) is 21.6 Å². The van der Waals surface area contributed by atoms with Crippen LogP contribution < -0.4 is 10.2 Å².